The summed E-state index contributed by atoms with van der Waals surface area (Å²) >= 11 is 0. The molecule has 0 radical (unpaired) electrons. The molecule has 0 unspecified atom stereocenters. The maximum Gasteiger partial charge on any atom is 0.271 e. The van der Waals surface area contributed by atoms with Gasteiger partial charge in [0.25, 0.3) is 11.6 Å². The van der Waals surface area contributed by atoms with Crippen LogP contribution in [0, 0.1) is 16.0 Å². The number of hydrogen-bond donors (Lipinski definition) is 0. The normalized spacial score (nSPS) is 20.4. The predicted octanol–water partition coefficient (Wildman–Crippen LogP) is 3.67. The van der Waals surface area contributed by atoms with Gasteiger partial charge >= 0.3 is 0 Å². The number of nitrogens with zero attached hydrogens (tertiary/aromatic N) is 3. The molecule has 2 aliphatic rings. The third kappa shape index (κ3) is 4.06. The van der Waals surface area contributed by atoms with Crippen molar-refractivity contribution < 1.29 is 33.6 Å². The molecular weight excluding hydrogens is 494 g/mol. The Morgan fingerprint density at radius 3 is 2.29 bits per heavy atom. The summed E-state index contributed by atoms with van der Waals surface area (Å²) in [6.07, 6.45) is -1.13. The molecule has 0 N–H and O–H groups in total. The van der Waals surface area contributed by atoms with Crippen LogP contribution in [0.4, 0.5) is 11.4 Å². The minimum absolute atomic E-state index is 0.0987. The second-order valence-electron chi connectivity index (χ2n) is 8.77. The maximum absolute atomic E-state index is 13.8. The van der Waals surface area contributed by atoms with Crippen molar-refractivity contribution in [2.75, 3.05) is 26.4 Å². The van der Waals surface area contributed by atoms with E-state index in [4.69, 9.17) is 19.0 Å². The van der Waals surface area contributed by atoms with E-state index in [0.717, 1.165) is 5.56 Å². The van der Waals surface area contributed by atoms with Gasteiger partial charge < -0.3 is 14.2 Å². The van der Waals surface area contributed by atoms with Crippen molar-refractivity contribution in [1.29, 1.82) is 0 Å². The van der Waals surface area contributed by atoms with Gasteiger partial charge in [-0.05, 0) is 23.8 Å². The average molecular weight is 520 g/mol. The van der Waals surface area contributed by atoms with E-state index < -0.39 is 34.8 Å². The SMILES string of the molecule is COc1ccc([C@@H]2[C@H]3C(=O)N(Cc4ccccc4)C(=O)[C@H]3ON2c2cccc([N+](=O)[O-])c2)c(OC)c1OC. The molecule has 0 bridgehead atoms. The number of rotatable bonds is 8. The fraction of sp³-hybridized carbons (Fsp3) is 0.259. The van der Waals surface area contributed by atoms with Crippen LogP contribution in [0.5, 0.6) is 17.2 Å². The van der Waals surface area contributed by atoms with Crippen LogP contribution in [0.25, 0.3) is 0 Å². The van der Waals surface area contributed by atoms with Crippen molar-refractivity contribution >= 4 is 23.2 Å². The van der Waals surface area contributed by atoms with Crippen LogP contribution in [-0.4, -0.2) is 49.1 Å². The number of imide groups is 1. The highest BCUT2D eigenvalue weighted by Gasteiger charge is 2.60. The number of carbonyl (C=O) groups excluding carboxylic acids is 2. The number of carbonyl (C=O) groups is 2. The summed E-state index contributed by atoms with van der Waals surface area (Å²) in [6.45, 7) is 0.0987. The largest absolute Gasteiger partial charge is 0.493 e. The number of likely N-dealkylation sites (tertiary alicyclic amines) is 1. The lowest BCUT2D eigenvalue weighted by atomic mass is 9.89. The minimum atomic E-state index is -1.13. The van der Waals surface area contributed by atoms with E-state index >= 15 is 0 Å². The number of benzene rings is 3. The number of ether oxygens (including phenoxy) is 3. The molecule has 3 aromatic rings. The number of amides is 2. The summed E-state index contributed by atoms with van der Waals surface area (Å²) in [7, 11) is 4.40. The summed E-state index contributed by atoms with van der Waals surface area (Å²) in [5.41, 5.74) is 1.44. The van der Waals surface area contributed by atoms with Gasteiger partial charge in [-0.3, -0.25) is 29.4 Å². The van der Waals surface area contributed by atoms with E-state index in [9.17, 15) is 19.7 Å². The van der Waals surface area contributed by atoms with Crippen LogP contribution in [-0.2, 0) is 21.0 Å². The Balaban J connectivity index is 1.63. The Bertz CT molecular complexity index is 1400. The lowest BCUT2D eigenvalue weighted by Gasteiger charge is -2.30. The van der Waals surface area contributed by atoms with Crippen LogP contribution >= 0.6 is 0 Å². The number of hydroxylamine groups is 1. The molecule has 3 atom stereocenters. The van der Waals surface area contributed by atoms with Gasteiger partial charge in [-0.15, -0.1) is 0 Å². The summed E-state index contributed by atoms with van der Waals surface area (Å²) in [6, 6.07) is 17.5. The van der Waals surface area contributed by atoms with Crippen molar-refractivity contribution in [2.45, 2.75) is 18.7 Å². The van der Waals surface area contributed by atoms with Crippen molar-refractivity contribution in [3.05, 3.63) is 88.0 Å². The van der Waals surface area contributed by atoms with E-state index in [1.165, 1.54) is 49.5 Å². The number of nitro benzene ring substituents is 1. The summed E-state index contributed by atoms with van der Waals surface area (Å²) in [4.78, 5) is 45.5. The first-order chi connectivity index (χ1) is 18.4. The number of non-ortho nitro benzene ring substituents is 1. The van der Waals surface area contributed by atoms with Crippen LogP contribution in [0.2, 0.25) is 0 Å². The molecule has 2 heterocycles. The fourth-order valence-electron chi connectivity index (χ4n) is 5.03. The highest BCUT2D eigenvalue weighted by Crippen LogP contribution is 2.52. The molecule has 0 aliphatic carbocycles. The highest BCUT2D eigenvalue weighted by atomic mass is 16.7. The smallest absolute Gasteiger partial charge is 0.271 e. The van der Waals surface area contributed by atoms with E-state index in [2.05, 4.69) is 0 Å². The first kappa shape index (κ1) is 25.0. The lowest BCUT2D eigenvalue weighted by molar-refractivity contribution is -0.384. The zero-order valence-electron chi connectivity index (χ0n) is 20.9. The van der Waals surface area contributed by atoms with Gasteiger partial charge in [0.1, 0.15) is 12.0 Å². The molecule has 2 amide bonds. The molecule has 11 nitrogen and oxygen atoms in total. The Kier molecular flexibility index (Phi) is 6.60. The molecule has 2 saturated heterocycles. The molecule has 0 spiro atoms. The van der Waals surface area contributed by atoms with E-state index in [1.54, 1.807) is 18.2 Å². The predicted molar refractivity (Wildman–Crippen MR) is 135 cm³/mol. The quantitative estimate of drug-likeness (QED) is 0.249. The molecule has 2 aliphatic heterocycles. The third-order valence-electron chi connectivity index (χ3n) is 6.74. The zero-order valence-corrected chi connectivity index (χ0v) is 20.9. The standard InChI is InChI=1S/C27H25N3O8/c1-35-20-13-12-19(23(36-2)24(20)37-3)22-21-25(38-29(22)17-10-7-11-18(14-17)30(33)34)27(32)28(26(21)31)15-16-8-5-4-6-9-16/h4-14,21-22,25H,15H2,1-3H3/t21-,22-,25+/m1/s1. The highest BCUT2D eigenvalue weighted by molar-refractivity contribution is 6.07. The Morgan fingerprint density at radius 1 is 0.895 bits per heavy atom. The van der Waals surface area contributed by atoms with E-state index in [1.807, 2.05) is 30.3 Å². The second kappa shape index (κ2) is 10.0. The second-order valence-corrected chi connectivity index (χ2v) is 8.77. The van der Waals surface area contributed by atoms with Gasteiger partial charge in [0.15, 0.2) is 17.6 Å². The molecule has 0 aromatic heterocycles. The molecule has 11 heteroatoms. The zero-order chi connectivity index (χ0) is 27.0. The van der Waals surface area contributed by atoms with Crippen molar-refractivity contribution in [1.82, 2.24) is 4.90 Å². The number of fused-ring (bicyclic) bond motifs is 1. The topological polar surface area (TPSA) is 121 Å². The monoisotopic (exact) mass is 519 g/mol. The Morgan fingerprint density at radius 2 is 1.63 bits per heavy atom. The van der Waals surface area contributed by atoms with Crippen molar-refractivity contribution in [3.63, 3.8) is 0 Å². The summed E-state index contributed by atoms with van der Waals surface area (Å²) in [5, 5.41) is 12.8. The molecule has 5 rings (SSSR count). The molecule has 38 heavy (non-hydrogen) atoms. The number of anilines is 1. The first-order valence-corrected chi connectivity index (χ1v) is 11.8. The van der Waals surface area contributed by atoms with Gasteiger partial charge in [-0.2, -0.15) is 0 Å². The number of hydrogen-bond acceptors (Lipinski definition) is 9. The minimum Gasteiger partial charge on any atom is -0.493 e. The van der Waals surface area contributed by atoms with Crippen LogP contribution < -0.4 is 19.3 Å². The average Bonchev–Trinajstić information content (AvgIpc) is 3.44. The molecule has 3 aromatic carbocycles. The number of nitro groups is 1. The number of methoxy groups -OCH3 is 3. The fourth-order valence-corrected chi connectivity index (χ4v) is 5.03. The Hall–Kier alpha value is -4.64. The summed E-state index contributed by atoms with van der Waals surface area (Å²) < 4.78 is 16.6. The van der Waals surface area contributed by atoms with Crippen molar-refractivity contribution in [3.8, 4) is 17.2 Å². The van der Waals surface area contributed by atoms with Crippen LogP contribution in [0.15, 0.2) is 66.7 Å². The molecule has 196 valence electrons. The molecular formula is C27H25N3O8. The van der Waals surface area contributed by atoms with E-state index in [0.29, 0.717) is 28.5 Å². The van der Waals surface area contributed by atoms with Gasteiger partial charge in [-0.25, -0.2) is 5.06 Å². The lowest BCUT2D eigenvalue weighted by Crippen LogP contribution is -2.37. The van der Waals surface area contributed by atoms with Gasteiger partial charge in [-0.1, -0.05) is 36.4 Å². The van der Waals surface area contributed by atoms with Crippen molar-refractivity contribution in [2.24, 2.45) is 5.92 Å². The first-order valence-electron chi connectivity index (χ1n) is 11.8. The van der Waals surface area contributed by atoms with Gasteiger partial charge in [0.2, 0.25) is 11.7 Å². The summed E-state index contributed by atoms with van der Waals surface area (Å²) in [5.74, 6) is -0.853. The van der Waals surface area contributed by atoms with Crippen LogP contribution in [0.1, 0.15) is 17.2 Å². The van der Waals surface area contributed by atoms with Crippen LogP contribution in [0.3, 0.4) is 0 Å². The third-order valence-corrected chi connectivity index (χ3v) is 6.74. The molecule has 2 fully saturated rings. The van der Waals surface area contributed by atoms with Gasteiger partial charge in [0.05, 0.1) is 38.5 Å². The van der Waals surface area contributed by atoms with E-state index in [-0.39, 0.29) is 12.2 Å². The van der Waals surface area contributed by atoms with Gasteiger partial charge in [0, 0.05) is 17.7 Å². The maximum atomic E-state index is 13.8. The Labute approximate surface area is 218 Å². The molecule has 0 saturated carbocycles.